The molecule has 4 heteroatoms. The molecular weight excluding hydrogens is 226 g/mol. The van der Waals surface area contributed by atoms with Gasteiger partial charge in [-0.05, 0) is 24.1 Å². The van der Waals surface area contributed by atoms with E-state index in [0.717, 1.165) is 11.4 Å². The molecule has 0 amide bonds. The molecule has 0 saturated heterocycles. The quantitative estimate of drug-likeness (QED) is 0.826. The van der Waals surface area contributed by atoms with Crippen LogP contribution in [0.3, 0.4) is 0 Å². The first-order valence-electron chi connectivity index (χ1n) is 5.85. The molecule has 0 saturated carbocycles. The summed E-state index contributed by atoms with van der Waals surface area (Å²) in [5.41, 5.74) is 2.38. The standard InChI is InChI=1S/C14H17N3O/c1-11-6-4-5-7-12(11)10-18-14-9-8-13(15-16-14)17(2)3/h4-9H,10H2,1-3H3. The van der Waals surface area contributed by atoms with Crippen molar-refractivity contribution in [2.24, 2.45) is 0 Å². The van der Waals surface area contributed by atoms with Gasteiger partial charge in [0.25, 0.3) is 0 Å². The third-order valence-electron chi connectivity index (χ3n) is 2.72. The summed E-state index contributed by atoms with van der Waals surface area (Å²) in [4.78, 5) is 1.90. The van der Waals surface area contributed by atoms with Crippen LogP contribution in [-0.4, -0.2) is 24.3 Å². The van der Waals surface area contributed by atoms with E-state index in [2.05, 4.69) is 29.3 Å². The van der Waals surface area contributed by atoms with Crippen LogP contribution in [0.5, 0.6) is 5.88 Å². The van der Waals surface area contributed by atoms with Gasteiger partial charge in [-0.25, -0.2) is 0 Å². The average Bonchev–Trinajstić information content (AvgIpc) is 2.38. The first-order chi connectivity index (χ1) is 8.66. The van der Waals surface area contributed by atoms with Gasteiger partial charge in [0.15, 0.2) is 5.82 Å². The van der Waals surface area contributed by atoms with E-state index in [0.29, 0.717) is 12.5 Å². The van der Waals surface area contributed by atoms with Crippen molar-refractivity contribution in [2.75, 3.05) is 19.0 Å². The summed E-state index contributed by atoms with van der Waals surface area (Å²) >= 11 is 0. The lowest BCUT2D eigenvalue weighted by molar-refractivity contribution is 0.289. The fourth-order valence-corrected chi connectivity index (χ4v) is 1.55. The fraction of sp³-hybridized carbons (Fsp3) is 0.286. The average molecular weight is 243 g/mol. The van der Waals surface area contributed by atoms with Crippen molar-refractivity contribution in [3.8, 4) is 5.88 Å². The number of nitrogens with zero attached hydrogens (tertiary/aromatic N) is 3. The van der Waals surface area contributed by atoms with Crippen molar-refractivity contribution in [3.63, 3.8) is 0 Å². The molecule has 0 aliphatic heterocycles. The zero-order valence-corrected chi connectivity index (χ0v) is 10.9. The molecule has 0 atom stereocenters. The van der Waals surface area contributed by atoms with Crippen LogP contribution in [-0.2, 0) is 6.61 Å². The number of benzene rings is 1. The highest BCUT2D eigenvalue weighted by Gasteiger charge is 2.02. The molecule has 1 aromatic heterocycles. The second kappa shape index (κ2) is 5.49. The number of anilines is 1. The Hall–Kier alpha value is -2.10. The smallest absolute Gasteiger partial charge is 0.233 e. The summed E-state index contributed by atoms with van der Waals surface area (Å²) in [5.74, 6) is 1.36. The topological polar surface area (TPSA) is 38.2 Å². The molecule has 94 valence electrons. The van der Waals surface area contributed by atoms with Crippen molar-refractivity contribution in [1.29, 1.82) is 0 Å². The molecule has 0 unspecified atom stereocenters. The van der Waals surface area contributed by atoms with E-state index in [-0.39, 0.29) is 0 Å². The highest BCUT2D eigenvalue weighted by atomic mass is 16.5. The normalized spacial score (nSPS) is 10.2. The van der Waals surface area contributed by atoms with Gasteiger partial charge >= 0.3 is 0 Å². The van der Waals surface area contributed by atoms with Gasteiger partial charge in [-0.1, -0.05) is 24.3 Å². The predicted octanol–water partition coefficient (Wildman–Crippen LogP) is 2.43. The summed E-state index contributed by atoms with van der Waals surface area (Å²) in [6, 6.07) is 11.9. The predicted molar refractivity (Wildman–Crippen MR) is 71.9 cm³/mol. The highest BCUT2D eigenvalue weighted by Crippen LogP contribution is 2.13. The molecule has 0 aliphatic carbocycles. The molecule has 0 bridgehead atoms. The number of hydrogen-bond acceptors (Lipinski definition) is 4. The van der Waals surface area contributed by atoms with Crippen LogP contribution in [0.1, 0.15) is 11.1 Å². The Morgan fingerprint density at radius 2 is 1.83 bits per heavy atom. The van der Waals surface area contributed by atoms with E-state index in [1.165, 1.54) is 5.56 Å². The minimum Gasteiger partial charge on any atom is -0.472 e. The highest BCUT2D eigenvalue weighted by molar-refractivity contribution is 5.35. The van der Waals surface area contributed by atoms with E-state index in [4.69, 9.17) is 4.74 Å². The maximum Gasteiger partial charge on any atom is 0.233 e. The number of ether oxygens (including phenoxy) is 1. The van der Waals surface area contributed by atoms with E-state index >= 15 is 0 Å². The van der Waals surface area contributed by atoms with E-state index in [1.807, 2.05) is 43.3 Å². The molecule has 0 N–H and O–H groups in total. The van der Waals surface area contributed by atoms with Gasteiger partial charge in [0.05, 0.1) is 0 Å². The summed E-state index contributed by atoms with van der Waals surface area (Å²) in [6.45, 7) is 2.59. The van der Waals surface area contributed by atoms with Gasteiger partial charge < -0.3 is 9.64 Å². The van der Waals surface area contributed by atoms with E-state index < -0.39 is 0 Å². The van der Waals surface area contributed by atoms with Crippen LogP contribution in [0.25, 0.3) is 0 Å². The van der Waals surface area contributed by atoms with Crippen molar-refractivity contribution >= 4 is 5.82 Å². The van der Waals surface area contributed by atoms with Gasteiger partial charge in [0.2, 0.25) is 5.88 Å². The lowest BCUT2D eigenvalue weighted by Crippen LogP contribution is -2.11. The third kappa shape index (κ3) is 2.97. The lowest BCUT2D eigenvalue weighted by Gasteiger charge is -2.11. The van der Waals surface area contributed by atoms with Crippen molar-refractivity contribution in [2.45, 2.75) is 13.5 Å². The Labute approximate surface area is 107 Å². The zero-order chi connectivity index (χ0) is 13.0. The molecule has 18 heavy (non-hydrogen) atoms. The molecule has 0 fully saturated rings. The van der Waals surface area contributed by atoms with Crippen molar-refractivity contribution < 1.29 is 4.74 Å². The molecule has 1 heterocycles. The Balaban J connectivity index is 2.00. The zero-order valence-electron chi connectivity index (χ0n) is 10.9. The first-order valence-corrected chi connectivity index (χ1v) is 5.85. The largest absolute Gasteiger partial charge is 0.472 e. The van der Waals surface area contributed by atoms with Gasteiger partial charge in [-0.3, -0.25) is 0 Å². The Bertz CT molecular complexity index is 509. The van der Waals surface area contributed by atoms with Gasteiger partial charge in [-0.2, -0.15) is 0 Å². The summed E-state index contributed by atoms with van der Waals surface area (Å²) in [5, 5.41) is 8.09. The molecule has 4 nitrogen and oxygen atoms in total. The Kier molecular flexibility index (Phi) is 3.77. The number of aromatic nitrogens is 2. The van der Waals surface area contributed by atoms with E-state index in [9.17, 15) is 0 Å². The summed E-state index contributed by atoms with van der Waals surface area (Å²) in [6.07, 6.45) is 0. The third-order valence-corrected chi connectivity index (χ3v) is 2.72. The van der Waals surface area contributed by atoms with Gasteiger partial charge in [0.1, 0.15) is 6.61 Å². The molecule has 2 aromatic rings. The van der Waals surface area contributed by atoms with E-state index in [1.54, 1.807) is 0 Å². The molecule has 1 aromatic carbocycles. The molecule has 2 rings (SSSR count). The number of aryl methyl sites for hydroxylation is 1. The lowest BCUT2D eigenvalue weighted by atomic mass is 10.1. The Morgan fingerprint density at radius 1 is 1.06 bits per heavy atom. The minimum absolute atomic E-state index is 0.517. The van der Waals surface area contributed by atoms with Crippen LogP contribution in [0.4, 0.5) is 5.82 Å². The van der Waals surface area contributed by atoms with Crippen molar-refractivity contribution in [1.82, 2.24) is 10.2 Å². The van der Waals surface area contributed by atoms with Crippen LogP contribution < -0.4 is 9.64 Å². The van der Waals surface area contributed by atoms with Crippen LogP contribution in [0.15, 0.2) is 36.4 Å². The molecular formula is C14H17N3O. The minimum atomic E-state index is 0.517. The SMILES string of the molecule is Cc1ccccc1COc1ccc(N(C)C)nn1. The maximum absolute atomic E-state index is 5.62. The molecule has 0 radical (unpaired) electrons. The van der Waals surface area contributed by atoms with Gasteiger partial charge in [-0.15, -0.1) is 10.2 Å². The van der Waals surface area contributed by atoms with Crippen LogP contribution in [0.2, 0.25) is 0 Å². The first kappa shape index (κ1) is 12.4. The number of hydrogen-bond donors (Lipinski definition) is 0. The second-order valence-electron chi connectivity index (χ2n) is 4.34. The summed E-state index contributed by atoms with van der Waals surface area (Å²) in [7, 11) is 3.86. The fourth-order valence-electron chi connectivity index (χ4n) is 1.55. The van der Waals surface area contributed by atoms with Crippen LogP contribution >= 0.6 is 0 Å². The summed E-state index contributed by atoms with van der Waals surface area (Å²) < 4.78 is 5.62. The molecule has 0 aliphatic rings. The van der Waals surface area contributed by atoms with Crippen molar-refractivity contribution in [3.05, 3.63) is 47.5 Å². The molecule has 0 spiro atoms. The van der Waals surface area contributed by atoms with Gasteiger partial charge in [0, 0.05) is 20.2 Å². The maximum atomic E-state index is 5.62. The second-order valence-corrected chi connectivity index (χ2v) is 4.34. The Morgan fingerprint density at radius 3 is 2.44 bits per heavy atom. The monoisotopic (exact) mass is 243 g/mol. The number of rotatable bonds is 4. The van der Waals surface area contributed by atoms with Crippen LogP contribution in [0, 0.1) is 6.92 Å².